The summed E-state index contributed by atoms with van der Waals surface area (Å²) in [6, 6.07) is 0. The molecule has 0 aliphatic heterocycles. The van der Waals surface area contributed by atoms with Crippen molar-refractivity contribution >= 4 is 0 Å². The molecule has 0 aliphatic carbocycles. The number of hydrogen-bond acceptors (Lipinski definition) is 1. The fraction of sp³-hybridized carbons (Fsp3) is 0.714. The molecule has 0 N–H and O–H groups in total. The normalized spacial score (nSPS) is 10.5. The standard InChI is InChI=1S/C7H15N/c1-4-6-7-8(3)5-2/h2-7H2,1H3. The lowest BCUT2D eigenvalue weighted by Crippen LogP contribution is -2.15. The second-order valence-electron chi connectivity index (χ2n) is 1.97. The van der Waals surface area contributed by atoms with Gasteiger partial charge < -0.3 is 4.90 Å². The summed E-state index contributed by atoms with van der Waals surface area (Å²) in [5, 5.41) is 0. The van der Waals surface area contributed by atoms with Crippen molar-refractivity contribution in [3.8, 4) is 0 Å². The van der Waals surface area contributed by atoms with Gasteiger partial charge in [-0.05, 0) is 26.4 Å². The Bertz CT molecular complexity index is 43.7. The monoisotopic (exact) mass is 113 g/mol. The van der Waals surface area contributed by atoms with E-state index in [1.807, 2.05) is 4.90 Å². The molecule has 2 radical (unpaired) electrons. The first-order chi connectivity index (χ1) is 3.81. The zero-order valence-electron chi connectivity index (χ0n) is 5.69. The number of rotatable bonds is 4. The summed E-state index contributed by atoms with van der Waals surface area (Å²) in [5.41, 5.74) is 0. The van der Waals surface area contributed by atoms with Gasteiger partial charge in [0.15, 0.2) is 0 Å². The molecule has 48 valence electrons. The molecule has 0 aromatic rings. The van der Waals surface area contributed by atoms with Crippen molar-refractivity contribution in [2.75, 3.05) is 13.1 Å². The fourth-order valence-corrected chi connectivity index (χ4v) is 0.494. The summed E-state index contributed by atoms with van der Waals surface area (Å²) in [6.45, 7) is 7.78. The third kappa shape index (κ3) is 4.13. The number of hydrogen-bond donors (Lipinski definition) is 0. The molecular weight excluding hydrogens is 98.1 g/mol. The van der Waals surface area contributed by atoms with Crippen molar-refractivity contribution in [3.63, 3.8) is 0 Å². The third-order valence-corrected chi connectivity index (χ3v) is 1.14. The minimum Gasteiger partial charge on any atom is -0.302 e. The molecule has 0 bridgehead atoms. The average Bonchev–Trinajstić information content (AvgIpc) is 1.83. The van der Waals surface area contributed by atoms with E-state index >= 15 is 0 Å². The van der Waals surface area contributed by atoms with Crippen molar-refractivity contribution in [1.29, 1.82) is 0 Å². The van der Waals surface area contributed by atoms with E-state index in [2.05, 4.69) is 20.9 Å². The first-order valence-electron chi connectivity index (χ1n) is 3.16. The molecule has 0 saturated carbocycles. The zero-order valence-corrected chi connectivity index (χ0v) is 5.69. The Kier molecular flexibility index (Phi) is 5.08. The number of unbranched alkanes of at least 4 members (excludes halogenated alkanes) is 1. The quantitative estimate of drug-likeness (QED) is 0.536. The van der Waals surface area contributed by atoms with Gasteiger partial charge in [-0.15, -0.1) is 0 Å². The average molecular weight is 113 g/mol. The van der Waals surface area contributed by atoms with Crippen LogP contribution >= 0.6 is 0 Å². The lowest BCUT2D eigenvalue weighted by atomic mass is 10.3. The second-order valence-corrected chi connectivity index (χ2v) is 1.97. The molecule has 0 heterocycles. The van der Waals surface area contributed by atoms with Gasteiger partial charge in [-0.3, -0.25) is 0 Å². The Labute approximate surface area is 52.7 Å². The smallest absolute Gasteiger partial charge is 0.0109 e. The van der Waals surface area contributed by atoms with Gasteiger partial charge in [0.2, 0.25) is 0 Å². The van der Waals surface area contributed by atoms with E-state index in [-0.39, 0.29) is 0 Å². The van der Waals surface area contributed by atoms with Crippen molar-refractivity contribution in [2.45, 2.75) is 19.8 Å². The topological polar surface area (TPSA) is 3.24 Å². The molecule has 0 atom stereocenters. The third-order valence-electron chi connectivity index (χ3n) is 1.14. The van der Waals surface area contributed by atoms with E-state index in [0.717, 1.165) is 13.1 Å². The van der Waals surface area contributed by atoms with E-state index in [1.54, 1.807) is 0 Å². The Balaban J connectivity index is 2.86. The van der Waals surface area contributed by atoms with Crippen LogP contribution in [0.1, 0.15) is 19.8 Å². The minimum absolute atomic E-state index is 0.819. The van der Waals surface area contributed by atoms with Gasteiger partial charge in [0, 0.05) is 7.05 Å². The second kappa shape index (κ2) is 5.10. The minimum atomic E-state index is 0.819. The highest BCUT2D eigenvalue weighted by molar-refractivity contribution is 4.54. The lowest BCUT2D eigenvalue weighted by molar-refractivity contribution is 0.397. The highest BCUT2D eigenvalue weighted by Gasteiger charge is 1.89. The number of nitrogens with zero attached hydrogens (tertiary/aromatic N) is 1. The summed E-state index contributed by atoms with van der Waals surface area (Å²) >= 11 is 0. The summed E-state index contributed by atoms with van der Waals surface area (Å²) in [6.07, 6.45) is 2.48. The van der Waals surface area contributed by atoms with Crippen LogP contribution in [-0.4, -0.2) is 18.0 Å². The van der Waals surface area contributed by atoms with Crippen molar-refractivity contribution in [3.05, 3.63) is 14.0 Å². The molecule has 0 aromatic carbocycles. The van der Waals surface area contributed by atoms with Crippen LogP contribution in [0.3, 0.4) is 0 Å². The summed E-state index contributed by atoms with van der Waals surface area (Å²) in [7, 11) is 3.76. The van der Waals surface area contributed by atoms with Crippen LogP contribution in [0.5, 0.6) is 0 Å². The van der Waals surface area contributed by atoms with E-state index in [9.17, 15) is 0 Å². The molecule has 0 aromatic heterocycles. The predicted octanol–water partition coefficient (Wildman–Crippen LogP) is 1.71. The maximum Gasteiger partial charge on any atom is 0.0109 e. The van der Waals surface area contributed by atoms with Crippen LogP contribution < -0.4 is 0 Å². The molecule has 0 spiro atoms. The summed E-state index contributed by atoms with van der Waals surface area (Å²) in [5.74, 6) is 0. The Hall–Kier alpha value is -0.0400. The van der Waals surface area contributed by atoms with Gasteiger partial charge in [-0.25, -0.2) is 0 Å². The highest BCUT2D eigenvalue weighted by Crippen LogP contribution is 1.90. The first-order valence-corrected chi connectivity index (χ1v) is 3.16. The van der Waals surface area contributed by atoms with E-state index < -0.39 is 0 Å². The summed E-state index contributed by atoms with van der Waals surface area (Å²) in [4.78, 5) is 1.98. The van der Waals surface area contributed by atoms with Gasteiger partial charge in [0.1, 0.15) is 0 Å². The maximum absolute atomic E-state index is 3.76. The molecule has 0 saturated heterocycles. The SMILES string of the molecule is [CH2]CN([CH2])CCCC. The first kappa shape index (κ1) is 7.96. The molecule has 1 heteroatoms. The van der Waals surface area contributed by atoms with Gasteiger partial charge in [0.05, 0.1) is 0 Å². The van der Waals surface area contributed by atoms with Crippen molar-refractivity contribution in [2.24, 2.45) is 0 Å². The van der Waals surface area contributed by atoms with Gasteiger partial charge in [-0.1, -0.05) is 13.3 Å². The van der Waals surface area contributed by atoms with Crippen molar-refractivity contribution < 1.29 is 0 Å². The van der Waals surface area contributed by atoms with Crippen LogP contribution in [-0.2, 0) is 0 Å². The van der Waals surface area contributed by atoms with E-state index in [4.69, 9.17) is 0 Å². The van der Waals surface area contributed by atoms with Crippen molar-refractivity contribution in [1.82, 2.24) is 4.90 Å². The Morgan fingerprint density at radius 2 is 2.12 bits per heavy atom. The molecule has 0 rings (SSSR count). The molecule has 1 nitrogen and oxygen atoms in total. The Morgan fingerprint density at radius 3 is 2.50 bits per heavy atom. The van der Waals surface area contributed by atoms with Gasteiger partial charge in [0.25, 0.3) is 0 Å². The van der Waals surface area contributed by atoms with Crippen LogP contribution in [0.25, 0.3) is 0 Å². The van der Waals surface area contributed by atoms with Gasteiger partial charge >= 0.3 is 0 Å². The van der Waals surface area contributed by atoms with Crippen LogP contribution in [0.15, 0.2) is 0 Å². The lowest BCUT2D eigenvalue weighted by Gasteiger charge is -2.10. The molecule has 0 aliphatic rings. The van der Waals surface area contributed by atoms with Gasteiger partial charge in [-0.2, -0.15) is 0 Å². The molecular formula is C7H15N. The van der Waals surface area contributed by atoms with Crippen LogP contribution in [0.2, 0.25) is 0 Å². The van der Waals surface area contributed by atoms with Crippen LogP contribution in [0.4, 0.5) is 0 Å². The fourth-order valence-electron chi connectivity index (χ4n) is 0.494. The Morgan fingerprint density at radius 1 is 1.50 bits per heavy atom. The van der Waals surface area contributed by atoms with E-state index in [1.165, 1.54) is 12.8 Å². The van der Waals surface area contributed by atoms with Crippen LogP contribution in [0, 0.1) is 14.0 Å². The maximum atomic E-state index is 3.76. The molecule has 0 fully saturated rings. The van der Waals surface area contributed by atoms with E-state index in [0.29, 0.717) is 0 Å². The highest BCUT2D eigenvalue weighted by atomic mass is 15.1. The molecule has 8 heavy (non-hydrogen) atoms. The largest absolute Gasteiger partial charge is 0.302 e. The predicted molar refractivity (Wildman–Crippen MR) is 37.2 cm³/mol. The zero-order chi connectivity index (χ0) is 6.41. The molecule has 0 unspecified atom stereocenters. The summed E-state index contributed by atoms with van der Waals surface area (Å²) < 4.78 is 0. The molecule has 0 amide bonds.